The molecule has 2 N–H and O–H groups in total. The van der Waals surface area contributed by atoms with Crippen LogP contribution in [0.25, 0.3) is 10.2 Å². The summed E-state index contributed by atoms with van der Waals surface area (Å²) in [5.41, 5.74) is 1.59. The fourth-order valence-corrected chi connectivity index (χ4v) is 3.97. The summed E-state index contributed by atoms with van der Waals surface area (Å²) in [4.78, 5) is 30.5. The summed E-state index contributed by atoms with van der Waals surface area (Å²) in [6, 6.07) is 10.0. The molecule has 142 valence electrons. The van der Waals surface area contributed by atoms with Gasteiger partial charge in [-0.3, -0.25) is 9.59 Å². The number of nitrogens with zero attached hydrogens (tertiary/aromatic N) is 2. The van der Waals surface area contributed by atoms with Crippen molar-refractivity contribution in [2.75, 3.05) is 11.9 Å². The van der Waals surface area contributed by atoms with E-state index in [-0.39, 0.29) is 17.5 Å². The Morgan fingerprint density at radius 2 is 1.96 bits per heavy atom. The number of benzene rings is 1. The van der Waals surface area contributed by atoms with Crippen molar-refractivity contribution in [3.63, 3.8) is 0 Å². The Morgan fingerprint density at radius 1 is 1.26 bits per heavy atom. The molecule has 27 heavy (non-hydrogen) atoms. The molecule has 6 nitrogen and oxygen atoms in total. The second-order valence-electron chi connectivity index (χ2n) is 6.97. The zero-order valence-electron chi connectivity index (χ0n) is 15.9. The topological polar surface area (TPSA) is 76.0 Å². The molecule has 0 bridgehead atoms. The molecular formula is C20H24N4O2S. The number of amides is 1. The molecule has 0 spiro atoms. The molecule has 0 fully saturated rings. The second-order valence-corrected chi connectivity index (χ2v) is 7.97. The fourth-order valence-electron chi connectivity index (χ4n) is 2.91. The monoisotopic (exact) mass is 384 g/mol. The highest BCUT2D eigenvalue weighted by molar-refractivity contribution is 7.20. The van der Waals surface area contributed by atoms with Crippen LogP contribution in [0.2, 0.25) is 0 Å². The van der Waals surface area contributed by atoms with Crippen molar-refractivity contribution < 1.29 is 4.79 Å². The summed E-state index contributed by atoms with van der Waals surface area (Å²) in [7, 11) is 1.66. The van der Waals surface area contributed by atoms with Crippen molar-refractivity contribution in [1.82, 2.24) is 14.9 Å². The maximum atomic E-state index is 12.7. The van der Waals surface area contributed by atoms with Crippen molar-refractivity contribution in [3.8, 4) is 0 Å². The van der Waals surface area contributed by atoms with Crippen molar-refractivity contribution in [2.24, 2.45) is 13.0 Å². The van der Waals surface area contributed by atoms with Gasteiger partial charge in [-0.05, 0) is 30.5 Å². The summed E-state index contributed by atoms with van der Waals surface area (Å²) in [6.45, 7) is 6.53. The van der Waals surface area contributed by atoms with Crippen LogP contribution in [0.15, 0.2) is 41.5 Å². The molecule has 1 unspecified atom stereocenters. The summed E-state index contributed by atoms with van der Waals surface area (Å²) in [6.07, 6.45) is 1.49. The van der Waals surface area contributed by atoms with Gasteiger partial charge in [0.05, 0.1) is 16.6 Å². The molecule has 0 radical (unpaired) electrons. The Labute approximate surface area is 162 Å². The van der Waals surface area contributed by atoms with E-state index in [0.717, 1.165) is 5.69 Å². The first-order valence-electron chi connectivity index (χ1n) is 8.93. The van der Waals surface area contributed by atoms with Crippen LogP contribution in [0.1, 0.15) is 29.1 Å². The predicted molar refractivity (Wildman–Crippen MR) is 111 cm³/mol. The van der Waals surface area contributed by atoms with Crippen LogP contribution < -0.4 is 16.2 Å². The van der Waals surface area contributed by atoms with E-state index in [2.05, 4.69) is 29.5 Å². The lowest BCUT2D eigenvalue weighted by Crippen LogP contribution is -2.39. The first kappa shape index (κ1) is 19.1. The maximum Gasteiger partial charge on any atom is 0.262 e. The molecule has 1 atom stereocenters. The van der Waals surface area contributed by atoms with Gasteiger partial charge in [0.1, 0.15) is 4.83 Å². The predicted octanol–water partition coefficient (Wildman–Crippen LogP) is 3.17. The maximum absolute atomic E-state index is 12.7. The quantitative estimate of drug-likeness (QED) is 0.684. The number of hydrogen-bond acceptors (Lipinski definition) is 5. The highest BCUT2D eigenvalue weighted by Gasteiger charge is 2.20. The van der Waals surface area contributed by atoms with Crippen LogP contribution in [0.4, 0.5) is 5.69 Å². The molecule has 7 heteroatoms. The number of rotatable bonds is 6. The van der Waals surface area contributed by atoms with E-state index >= 15 is 0 Å². The number of thiophene rings is 1. The summed E-state index contributed by atoms with van der Waals surface area (Å²) in [5, 5.41) is 7.00. The molecule has 0 aliphatic carbocycles. The van der Waals surface area contributed by atoms with Crippen LogP contribution in [-0.4, -0.2) is 28.0 Å². The van der Waals surface area contributed by atoms with Gasteiger partial charge in [0.25, 0.3) is 11.5 Å². The van der Waals surface area contributed by atoms with Crippen LogP contribution in [0.5, 0.6) is 0 Å². The zero-order valence-corrected chi connectivity index (χ0v) is 16.8. The SMILES string of the molecule is Cc1c(C(=O)NCC(Nc2ccccc2)C(C)C)sc2ncn(C)c(=O)c12. The molecule has 1 aromatic carbocycles. The minimum Gasteiger partial charge on any atom is -0.380 e. The molecule has 0 saturated heterocycles. The fraction of sp³-hybridized carbons (Fsp3) is 0.350. The Morgan fingerprint density at radius 3 is 2.63 bits per heavy atom. The lowest BCUT2D eigenvalue weighted by molar-refractivity contribution is 0.0954. The van der Waals surface area contributed by atoms with Gasteiger partial charge >= 0.3 is 0 Å². The van der Waals surface area contributed by atoms with E-state index in [0.29, 0.717) is 33.1 Å². The van der Waals surface area contributed by atoms with Gasteiger partial charge in [-0.15, -0.1) is 11.3 Å². The number of aromatic nitrogens is 2. The number of carbonyl (C=O) groups excluding carboxylic acids is 1. The van der Waals surface area contributed by atoms with Crippen molar-refractivity contribution in [3.05, 3.63) is 57.5 Å². The molecule has 2 aromatic heterocycles. The van der Waals surface area contributed by atoms with Gasteiger partial charge in [0.15, 0.2) is 0 Å². The van der Waals surface area contributed by atoms with Gasteiger partial charge in [-0.25, -0.2) is 4.98 Å². The number of nitrogens with one attached hydrogen (secondary N) is 2. The first-order valence-corrected chi connectivity index (χ1v) is 9.74. The van der Waals surface area contributed by atoms with Crippen LogP contribution in [-0.2, 0) is 7.05 Å². The lowest BCUT2D eigenvalue weighted by Gasteiger charge is -2.24. The van der Waals surface area contributed by atoms with Gasteiger partial charge in [0.2, 0.25) is 0 Å². The second kappa shape index (κ2) is 7.92. The van der Waals surface area contributed by atoms with Gasteiger partial charge in [-0.2, -0.15) is 0 Å². The molecule has 3 rings (SSSR count). The molecule has 2 heterocycles. The van der Waals surface area contributed by atoms with Crippen molar-refractivity contribution in [1.29, 1.82) is 0 Å². The number of anilines is 1. The largest absolute Gasteiger partial charge is 0.380 e. The molecule has 0 aliphatic heterocycles. The van der Waals surface area contributed by atoms with Crippen LogP contribution in [0.3, 0.4) is 0 Å². The van der Waals surface area contributed by atoms with Gasteiger partial charge < -0.3 is 15.2 Å². The molecule has 3 aromatic rings. The lowest BCUT2D eigenvalue weighted by atomic mass is 10.0. The summed E-state index contributed by atoms with van der Waals surface area (Å²) >= 11 is 1.26. The molecule has 0 aliphatic rings. The van der Waals surface area contributed by atoms with Crippen molar-refractivity contribution in [2.45, 2.75) is 26.8 Å². The number of aryl methyl sites for hydroxylation is 2. The highest BCUT2D eigenvalue weighted by Crippen LogP contribution is 2.26. The smallest absolute Gasteiger partial charge is 0.262 e. The Kier molecular flexibility index (Phi) is 5.60. The third kappa shape index (κ3) is 4.03. The van der Waals surface area contributed by atoms with Crippen LogP contribution >= 0.6 is 11.3 Å². The number of para-hydroxylation sites is 1. The van der Waals surface area contributed by atoms with Crippen LogP contribution in [0, 0.1) is 12.8 Å². The van der Waals surface area contributed by atoms with E-state index < -0.39 is 0 Å². The first-order chi connectivity index (χ1) is 12.9. The standard InChI is InChI=1S/C20H24N4O2S/c1-12(2)15(23-14-8-6-5-7-9-14)10-21-18(25)17-13(3)16-19(27-17)22-11-24(4)20(16)26/h5-9,11-12,15,23H,10H2,1-4H3,(H,21,25). The molecule has 1 amide bonds. The number of hydrogen-bond donors (Lipinski definition) is 2. The number of fused-ring (bicyclic) bond motifs is 1. The summed E-state index contributed by atoms with van der Waals surface area (Å²) in [5.74, 6) is 0.168. The third-order valence-corrected chi connectivity index (χ3v) is 5.83. The van der Waals surface area contributed by atoms with E-state index in [4.69, 9.17) is 0 Å². The zero-order chi connectivity index (χ0) is 19.6. The average Bonchev–Trinajstić information content (AvgIpc) is 2.99. The van der Waals surface area contributed by atoms with E-state index in [9.17, 15) is 9.59 Å². The minimum atomic E-state index is -0.168. The molecular weight excluding hydrogens is 360 g/mol. The van der Waals surface area contributed by atoms with Crippen molar-refractivity contribution >= 4 is 33.1 Å². The normalized spacial score (nSPS) is 12.3. The highest BCUT2D eigenvalue weighted by atomic mass is 32.1. The Bertz CT molecular complexity index is 1010. The number of carbonyl (C=O) groups is 1. The third-order valence-electron chi connectivity index (χ3n) is 4.63. The van der Waals surface area contributed by atoms with E-state index in [1.54, 1.807) is 14.0 Å². The van der Waals surface area contributed by atoms with E-state index in [1.807, 2.05) is 30.3 Å². The average molecular weight is 385 g/mol. The molecule has 0 saturated carbocycles. The Hall–Kier alpha value is -2.67. The minimum absolute atomic E-state index is 0.0945. The van der Waals surface area contributed by atoms with Gasteiger partial charge in [-0.1, -0.05) is 32.0 Å². The summed E-state index contributed by atoms with van der Waals surface area (Å²) < 4.78 is 1.43. The van der Waals surface area contributed by atoms with Gasteiger partial charge in [0, 0.05) is 25.3 Å². The van der Waals surface area contributed by atoms with E-state index in [1.165, 1.54) is 22.2 Å². The Balaban J connectivity index is 1.76.